The monoisotopic (exact) mass is 349 g/mol. The molecule has 0 amide bonds. The molecule has 0 fully saturated rings. The zero-order valence-corrected chi connectivity index (χ0v) is 15.1. The van der Waals surface area contributed by atoms with Crippen molar-refractivity contribution in [3.8, 4) is 11.1 Å². The summed E-state index contributed by atoms with van der Waals surface area (Å²) in [5.41, 5.74) is 8.28. The van der Waals surface area contributed by atoms with Gasteiger partial charge in [0.2, 0.25) is 0 Å². The van der Waals surface area contributed by atoms with E-state index in [1.807, 2.05) is 12.1 Å². The molecule has 1 N–H and O–H groups in total. The number of hydrogen-bond donors (Lipinski definition) is 1. The van der Waals surface area contributed by atoms with Crippen molar-refractivity contribution in [1.29, 1.82) is 0 Å². The van der Waals surface area contributed by atoms with E-state index >= 15 is 0 Å². The molecule has 3 aromatic carbocycles. The first-order chi connectivity index (χ1) is 13.3. The SMILES string of the molecule is CC1CC=Cc2[nH]c3c(-c4ccc5oc6ccccc6c5c4)cccc3c21. The Balaban J connectivity index is 1.64. The van der Waals surface area contributed by atoms with Gasteiger partial charge in [-0.1, -0.05) is 55.5 Å². The van der Waals surface area contributed by atoms with E-state index < -0.39 is 0 Å². The Bertz CT molecular complexity index is 1370. The lowest BCUT2D eigenvalue weighted by atomic mass is 9.90. The standard InChI is InChI=1S/C25H19NO/c1-15-6-4-10-21-24(15)19-9-5-8-17(25(19)26-21)16-12-13-23-20(14-16)18-7-2-3-11-22(18)27-23/h2-5,7-15,26H,6H2,1H3. The van der Waals surface area contributed by atoms with E-state index in [1.54, 1.807) is 0 Å². The predicted octanol–water partition coefficient (Wildman–Crippen LogP) is 7.25. The smallest absolute Gasteiger partial charge is 0.135 e. The van der Waals surface area contributed by atoms with Crippen LogP contribution in [0.1, 0.15) is 30.5 Å². The van der Waals surface area contributed by atoms with E-state index in [9.17, 15) is 0 Å². The van der Waals surface area contributed by atoms with E-state index in [-0.39, 0.29) is 0 Å². The maximum Gasteiger partial charge on any atom is 0.135 e. The lowest BCUT2D eigenvalue weighted by molar-refractivity contribution is 0.669. The van der Waals surface area contributed by atoms with Gasteiger partial charge in [-0.25, -0.2) is 0 Å². The minimum Gasteiger partial charge on any atom is -0.456 e. The summed E-state index contributed by atoms with van der Waals surface area (Å²) in [6.07, 6.45) is 5.61. The van der Waals surface area contributed by atoms with Crippen LogP contribution in [0.3, 0.4) is 0 Å². The molecule has 0 saturated carbocycles. The molecule has 1 unspecified atom stereocenters. The average Bonchev–Trinajstić information content (AvgIpc) is 3.26. The molecule has 0 bridgehead atoms. The molecule has 130 valence electrons. The topological polar surface area (TPSA) is 28.9 Å². The second kappa shape index (κ2) is 5.37. The predicted molar refractivity (Wildman–Crippen MR) is 113 cm³/mol. The summed E-state index contributed by atoms with van der Waals surface area (Å²) in [6.45, 7) is 2.31. The molecule has 1 aliphatic carbocycles. The third-order valence-corrected chi connectivity index (χ3v) is 5.86. The Morgan fingerprint density at radius 2 is 1.74 bits per heavy atom. The molecule has 27 heavy (non-hydrogen) atoms. The van der Waals surface area contributed by atoms with Gasteiger partial charge in [-0.15, -0.1) is 0 Å². The first-order valence-corrected chi connectivity index (χ1v) is 9.52. The number of aromatic amines is 1. The number of rotatable bonds is 1. The number of fused-ring (bicyclic) bond motifs is 6. The van der Waals surface area contributed by atoms with Gasteiger partial charge in [-0.2, -0.15) is 0 Å². The average molecular weight is 349 g/mol. The number of H-pyrrole nitrogens is 1. The van der Waals surface area contributed by atoms with Crippen LogP contribution < -0.4 is 0 Å². The zero-order valence-electron chi connectivity index (χ0n) is 15.1. The Morgan fingerprint density at radius 3 is 2.70 bits per heavy atom. The maximum absolute atomic E-state index is 5.99. The third-order valence-electron chi connectivity index (χ3n) is 5.86. The summed E-state index contributed by atoms with van der Waals surface area (Å²) in [7, 11) is 0. The highest BCUT2D eigenvalue weighted by molar-refractivity contribution is 6.07. The van der Waals surface area contributed by atoms with Gasteiger partial charge in [-0.3, -0.25) is 0 Å². The van der Waals surface area contributed by atoms with Crippen LogP contribution in [0.25, 0.3) is 50.0 Å². The van der Waals surface area contributed by atoms with Crippen LogP contribution in [0.15, 0.2) is 71.2 Å². The van der Waals surface area contributed by atoms with Crippen LogP contribution in [0.2, 0.25) is 0 Å². The van der Waals surface area contributed by atoms with Crippen LogP contribution in [-0.2, 0) is 0 Å². The molecule has 5 aromatic rings. The number of benzene rings is 3. The fraction of sp³-hybridized carbons (Fsp3) is 0.120. The number of nitrogens with one attached hydrogen (secondary N) is 1. The first-order valence-electron chi connectivity index (χ1n) is 9.52. The molecule has 1 aliphatic rings. The van der Waals surface area contributed by atoms with Crippen molar-refractivity contribution in [3.05, 3.63) is 78.0 Å². The fourth-order valence-corrected chi connectivity index (χ4v) is 4.56. The summed E-state index contributed by atoms with van der Waals surface area (Å²) >= 11 is 0. The highest BCUT2D eigenvalue weighted by Gasteiger charge is 2.20. The first kappa shape index (κ1) is 14.9. The van der Waals surface area contributed by atoms with E-state index in [0.717, 1.165) is 17.6 Å². The second-order valence-corrected chi connectivity index (χ2v) is 7.53. The van der Waals surface area contributed by atoms with Gasteiger partial charge in [0.25, 0.3) is 0 Å². The highest BCUT2D eigenvalue weighted by atomic mass is 16.3. The molecule has 0 aliphatic heterocycles. The van der Waals surface area contributed by atoms with Gasteiger partial charge >= 0.3 is 0 Å². The molecule has 2 heterocycles. The molecule has 2 aromatic heterocycles. The molecule has 2 heteroatoms. The highest BCUT2D eigenvalue weighted by Crippen LogP contribution is 2.40. The van der Waals surface area contributed by atoms with Crippen LogP contribution in [0.5, 0.6) is 0 Å². The Kier molecular flexibility index (Phi) is 2.96. The van der Waals surface area contributed by atoms with Crippen LogP contribution in [0, 0.1) is 0 Å². The van der Waals surface area contributed by atoms with Crippen molar-refractivity contribution in [2.45, 2.75) is 19.3 Å². The van der Waals surface area contributed by atoms with Gasteiger partial charge in [0.05, 0.1) is 5.52 Å². The molecule has 1 atom stereocenters. The number of furan rings is 1. The molecular formula is C25H19NO. The van der Waals surface area contributed by atoms with Gasteiger partial charge in [0.1, 0.15) is 11.2 Å². The largest absolute Gasteiger partial charge is 0.456 e. The van der Waals surface area contributed by atoms with Crippen molar-refractivity contribution in [1.82, 2.24) is 4.98 Å². The van der Waals surface area contributed by atoms with E-state index in [2.05, 4.69) is 72.6 Å². The minimum atomic E-state index is 0.550. The zero-order chi connectivity index (χ0) is 18.0. The lowest BCUT2D eigenvalue weighted by Gasteiger charge is -2.13. The van der Waals surface area contributed by atoms with E-state index in [1.165, 1.54) is 44.1 Å². The number of aromatic nitrogens is 1. The summed E-state index contributed by atoms with van der Waals surface area (Å²) in [5, 5.41) is 3.69. The van der Waals surface area contributed by atoms with Gasteiger partial charge in [0.15, 0.2) is 0 Å². The van der Waals surface area contributed by atoms with Crippen molar-refractivity contribution >= 4 is 38.9 Å². The van der Waals surface area contributed by atoms with Crippen molar-refractivity contribution in [2.24, 2.45) is 0 Å². The molecular weight excluding hydrogens is 330 g/mol. The summed E-state index contributed by atoms with van der Waals surface area (Å²) in [5.74, 6) is 0.550. The van der Waals surface area contributed by atoms with Crippen LogP contribution >= 0.6 is 0 Å². The summed E-state index contributed by atoms with van der Waals surface area (Å²) < 4.78 is 5.99. The van der Waals surface area contributed by atoms with Crippen molar-refractivity contribution < 1.29 is 4.42 Å². The van der Waals surface area contributed by atoms with Crippen LogP contribution in [-0.4, -0.2) is 4.98 Å². The normalized spacial score (nSPS) is 16.4. The fourth-order valence-electron chi connectivity index (χ4n) is 4.56. The lowest BCUT2D eigenvalue weighted by Crippen LogP contribution is -1.97. The van der Waals surface area contributed by atoms with Gasteiger partial charge in [0, 0.05) is 27.4 Å². The number of hydrogen-bond acceptors (Lipinski definition) is 1. The Morgan fingerprint density at radius 1 is 0.889 bits per heavy atom. The quantitative estimate of drug-likeness (QED) is 0.339. The van der Waals surface area contributed by atoms with Crippen LogP contribution in [0.4, 0.5) is 0 Å². The second-order valence-electron chi connectivity index (χ2n) is 7.53. The van der Waals surface area contributed by atoms with Crippen molar-refractivity contribution in [3.63, 3.8) is 0 Å². The summed E-state index contributed by atoms with van der Waals surface area (Å²) in [4.78, 5) is 3.68. The molecule has 6 rings (SSSR count). The molecule has 2 nitrogen and oxygen atoms in total. The van der Waals surface area contributed by atoms with E-state index in [4.69, 9.17) is 4.42 Å². The maximum atomic E-state index is 5.99. The van der Waals surface area contributed by atoms with Gasteiger partial charge in [-0.05, 0) is 47.7 Å². The molecule has 0 spiro atoms. The van der Waals surface area contributed by atoms with E-state index in [0.29, 0.717) is 5.92 Å². The Labute approximate surface area is 157 Å². The van der Waals surface area contributed by atoms with Crippen molar-refractivity contribution in [2.75, 3.05) is 0 Å². The minimum absolute atomic E-state index is 0.550. The summed E-state index contributed by atoms with van der Waals surface area (Å²) in [6, 6.07) is 21.4. The number of para-hydroxylation sites is 2. The van der Waals surface area contributed by atoms with Gasteiger partial charge < -0.3 is 9.40 Å². The third kappa shape index (κ3) is 2.07. The molecule has 0 saturated heterocycles. The number of allylic oxidation sites excluding steroid dienone is 1. The Hall–Kier alpha value is -3.26. The molecule has 0 radical (unpaired) electrons.